The molecule has 2 saturated heterocycles. The lowest BCUT2D eigenvalue weighted by atomic mass is 9.96. The molecule has 0 saturated carbocycles. The smallest absolute Gasteiger partial charge is 0.410 e. The van der Waals surface area contributed by atoms with E-state index in [0.717, 1.165) is 11.1 Å². The van der Waals surface area contributed by atoms with Crippen LogP contribution in [0.2, 0.25) is 0 Å². The van der Waals surface area contributed by atoms with E-state index in [1.165, 1.54) is 25.2 Å². The van der Waals surface area contributed by atoms with Gasteiger partial charge in [-0.2, -0.15) is 0 Å². The molecule has 2 heterocycles. The number of benzene rings is 4. The number of ether oxygens (including phenoxy) is 2. The van der Waals surface area contributed by atoms with Crippen molar-refractivity contribution in [3.8, 4) is 22.3 Å². The number of nitrogens with zero attached hydrogens (tertiary/aromatic N) is 3. The molecule has 4 aromatic carbocycles. The molecular formula is C50H62N8O10. The number of nitrogens with two attached hydrogens (primary N) is 1. The van der Waals surface area contributed by atoms with Crippen LogP contribution in [0.3, 0.4) is 0 Å². The van der Waals surface area contributed by atoms with Crippen LogP contribution >= 0.6 is 0 Å². The van der Waals surface area contributed by atoms with Crippen molar-refractivity contribution < 1.29 is 43.2 Å². The molecule has 0 spiro atoms. The third kappa shape index (κ3) is 14.3. The Balaban J connectivity index is 0.000000255. The van der Waals surface area contributed by atoms with Crippen molar-refractivity contribution in [2.45, 2.75) is 78.4 Å². The molecule has 0 bridgehead atoms. The normalized spacial score (nSPS) is 14.4. The van der Waals surface area contributed by atoms with Gasteiger partial charge in [0, 0.05) is 91.9 Å². The SMILES string of the molecule is CNC(=O)c1ccc(-c2cccc(NC(=O)C3CCN(C(=O)OC(C)(C)C)CC3)c2)c(N)c1.CNC(=O)c1ccc(-c2cccc(NC(=O)C3CCN(C(=O)OC(C)(C)C)CC3)c2)c([N+](=O)[O-])c1. The van der Waals surface area contributed by atoms with E-state index in [1.807, 2.05) is 65.8 Å². The number of anilines is 3. The van der Waals surface area contributed by atoms with E-state index in [1.54, 1.807) is 59.3 Å². The van der Waals surface area contributed by atoms with E-state index in [4.69, 9.17) is 15.2 Å². The number of rotatable bonds is 9. The molecule has 2 aliphatic rings. The van der Waals surface area contributed by atoms with E-state index in [-0.39, 0.29) is 53.0 Å². The van der Waals surface area contributed by atoms with Gasteiger partial charge in [-0.15, -0.1) is 0 Å². The summed E-state index contributed by atoms with van der Waals surface area (Å²) >= 11 is 0. The van der Waals surface area contributed by atoms with Crippen molar-refractivity contribution >= 4 is 58.6 Å². The number of nitro groups is 1. The van der Waals surface area contributed by atoms with Gasteiger partial charge in [-0.05, 0) is 127 Å². The van der Waals surface area contributed by atoms with E-state index in [0.29, 0.717) is 85.6 Å². The van der Waals surface area contributed by atoms with Crippen LogP contribution in [0.4, 0.5) is 32.3 Å². The standard InChI is InChI=1S/C25H30N4O6.C25H32N4O4/c1-25(2,3)35-24(32)28-12-10-16(11-13-28)23(31)27-19-7-5-6-17(14-19)20-9-8-18(22(30)26-4)15-21(20)29(33)34;1-25(2,3)33-24(32)29-12-10-16(11-13-29)23(31)28-19-7-5-6-17(14-19)20-9-8-18(15-21(20)26)22(30)27-4/h5-9,14-16H,10-13H2,1-4H3,(H,26,30)(H,27,31);5-9,14-16H,10-13,26H2,1-4H3,(H,27,30)(H,28,31). The molecule has 6 amide bonds. The zero-order valence-corrected chi connectivity index (χ0v) is 39.9. The first-order valence-electron chi connectivity index (χ1n) is 22.5. The summed E-state index contributed by atoms with van der Waals surface area (Å²) in [6.45, 7) is 12.8. The molecule has 2 fully saturated rings. The molecule has 2 aliphatic heterocycles. The number of hydrogen-bond donors (Lipinski definition) is 5. The number of nitro benzene ring substituents is 1. The predicted octanol–water partition coefficient (Wildman–Crippen LogP) is 8.09. The van der Waals surface area contributed by atoms with Crippen molar-refractivity contribution in [1.82, 2.24) is 20.4 Å². The maximum Gasteiger partial charge on any atom is 0.410 e. The summed E-state index contributed by atoms with van der Waals surface area (Å²) in [7, 11) is 3.02. The average molecular weight is 935 g/mol. The minimum absolute atomic E-state index is 0.0704. The van der Waals surface area contributed by atoms with Gasteiger partial charge in [0.05, 0.1) is 10.5 Å². The number of amides is 6. The zero-order chi connectivity index (χ0) is 49.9. The van der Waals surface area contributed by atoms with Gasteiger partial charge in [0.1, 0.15) is 11.2 Å². The zero-order valence-electron chi connectivity index (χ0n) is 39.9. The number of nitrogen functional groups attached to an aromatic ring is 1. The molecule has 4 aromatic rings. The second-order valence-corrected chi connectivity index (χ2v) is 18.6. The Morgan fingerprint density at radius 3 is 1.38 bits per heavy atom. The Kier molecular flexibility index (Phi) is 16.9. The van der Waals surface area contributed by atoms with Crippen LogP contribution in [0, 0.1) is 22.0 Å². The number of piperidine rings is 2. The highest BCUT2D eigenvalue weighted by Crippen LogP contribution is 2.33. The summed E-state index contributed by atoms with van der Waals surface area (Å²) in [4.78, 5) is 88.2. The van der Waals surface area contributed by atoms with Crippen molar-refractivity contribution in [1.29, 1.82) is 0 Å². The summed E-state index contributed by atoms with van der Waals surface area (Å²) in [5, 5.41) is 22.5. The number of carbonyl (C=O) groups is 6. The Bertz CT molecular complexity index is 2520. The van der Waals surface area contributed by atoms with Gasteiger partial charge in [-0.1, -0.05) is 30.3 Å². The summed E-state index contributed by atoms with van der Waals surface area (Å²) in [5.74, 6) is -1.30. The van der Waals surface area contributed by atoms with Crippen LogP contribution in [-0.2, 0) is 19.1 Å². The van der Waals surface area contributed by atoms with Crippen molar-refractivity contribution in [3.05, 3.63) is 106 Å². The lowest BCUT2D eigenvalue weighted by Gasteiger charge is -2.32. The maximum absolute atomic E-state index is 12.9. The molecule has 0 aromatic heterocycles. The van der Waals surface area contributed by atoms with Gasteiger partial charge in [0.2, 0.25) is 11.8 Å². The molecule has 68 heavy (non-hydrogen) atoms. The minimum atomic E-state index is -0.575. The average Bonchev–Trinajstić information content (AvgIpc) is 3.30. The lowest BCUT2D eigenvalue weighted by molar-refractivity contribution is -0.384. The third-order valence-electron chi connectivity index (χ3n) is 11.1. The second-order valence-electron chi connectivity index (χ2n) is 18.6. The monoisotopic (exact) mass is 934 g/mol. The first kappa shape index (κ1) is 51.5. The summed E-state index contributed by atoms with van der Waals surface area (Å²) in [6.07, 6.45) is 1.47. The van der Waals surface area contributed by atoms with Gasteiger partial charge >= 0.3 is 12.2 Å². The largest absolute Gasteiger partial charge is 0.444 e. The van der Waals surface area contributed by atoms with Gasteiger partial charge < -0.3 is 46.3 Å². The third-order valence-corrected chi connectivity index (χ3v) is 11.1. The Morgan fingerprint density at radius 2 is 1.00 bits per heavy atom. The van der Waals surface area contributed by atoms with Crippen LogP contribution in [0.5, 0.6) is 0 Å². The molecule has 0 unspecified atom stereocenters. The number of likely N-dealkylation sites (tertiary alicyclic amines) is 2. The molecule has 0 atom stereocenters. The summed E-state index contributed by atoms with van der Waals surface area (Å²) in [6, 6.07) is 23.6. The highest BCUT2D eigenvalue weighted by atomic mass is 16.6. The van der Waals surface area contributed by atoms with E-state index in [2.05, 4.69) is 21.3 Å². The van der Waals surface area contributed by atoms with Crippen molar-refractivity contribution in [2.75, 3.05) is 56.6 Å². The van der Waals surface area contributed by atoms with E-state index >= 15 is 0 Å². The van der Waals surface area contributed by atoms with E-state index < -0.39 is 22.0 Å². The molecule has 18 nitrogen and oxygen atoms in total. The minimum Gasteiger partial charge on any atom is -0.444 e. The first-order valence-corrected chi connectivity index (χ1v) is 22.5. The number of hydrogen-bond acceptors (Lipinski definition) is 11. The fraction of sp³-hybridized carbons (Fsp3) is 0.400. The van der Waals surface area contributed by atoms with Gasteiger partial charge in [-0.3, -0.25) is 29.3 Å². The van der Waals surface area contributed by atoms with E-state index in [9.17, 15) is 38.9 Å². The molecule has 0 aliphatic carbocycles. The fourth-order valence-electron chi connectivity index (χ4n) is 7.64. The quantitative estimate of drug-likeness (QED) is 0.0610. The molecule has 6 rings (SSSR count). The van der Waals surface area contributed by atoms with Crippen molar-refractivity contribution in [2.24, 2.45) is 11.8 Å². The highest BCUT2D eigenvalue weighted by molar-refractivity contribution is 5.98. The number of carbonyl (C=O) groups excluding carboxylic acids is 6. The van der Waals surface area contributed by atoms with Crippen LogP contribution in [0.1, 0.15) is 87.9 Å². The lowest BCUT2D eigenvalue weighted by Crippen LogP contribution is -2.43. The highest BCUT2D eigenvalue weighted by Gasteiger charge is 2.32. The Labute approximate surface area is 396 Å². The molecule has 362 valence electrons. The van der Waals surface area contributed by atoms with Gasteiger partial charge in [0.15, 0.2) is 0 Å². The molecule has 6 N–H and O–H groups in total. The Morgan fingerprint density at radius 1 is 0.603 bits per heavy atom. The summed E-state index contributed by atoms with van der Waals surface area (Å²) in [5.41, 5.74) is 9.69. The van der Waals surface area contributed by atoms with Gasteiger partial charge in [0.25, 0.3) is 17.5 Å². The molecule has 0 radical (unpaired) electrons. The van der Waals surface area contributed by atoms with Crippen molar-refractivity contribution in [3.63, 3.8) is 0 Å². The second kappa shape index (κ2) is 22.3. The van der Waals surface area contributed by atoms with Crippen LogP contribution in [-0.4, -0.2) is 102 Å². The van der Waals surface area contributed by atoms with Crippen LogP contribution in [0.25, 0.3) is 22.3 Å². The first-order chi connectivity index (χ1) is 32.0. The molecular weight excluding hydrogens is 873 g/mol. The van der Waals surface area contributed by atoms with Gasteiger partial charge in [-0.25, -0.2) is 9.59 Å². The maximum atomic E-state index is 12.9. The fourth-order valence-corrected chi connectivity index (χ4v) is 7.64. The molecule has 18 heteroatoms. The predicted molar refractivity (Wildman–Crippen MR) is 260 cm³/mol. The van der Waals surface area contributed by atoms with Crippen LogP contribution in [0.15, 0.2) is 84.9 Å². The Hall–Kier alpha value is -7.50. The topological polar surface area (TPSA) is 245 Å². The van der Waals surface area contributed by atoms with Crippen LogP contribution < -0.4 is 27.0 Å². The number of nitrogens with one attached hydrogen (secondary N) is 4. The summed E-state index contributed by atoms with van der Waals surface area (Å²) < 4.78 is 10.8.